The third-order valence-corrected chi connectivity index (χ3v) is 17.5. The SMILES string of the molecule is CCCCN(c1nc(N2CCN(c3nc(N(CCCC)C4CC(C)(C)NC(C)(C)C4)nc(N(CCCC)C4CC(C)(C)NC(C)(C)C4)n3)CC2)nc(N(CCCC)C2CC(C)(C)NC(C)(C)C2)n1)C1CC(C)(C)NC(C)(C)C1. The molecule has 0 atom stereocenters. The molecule has 2 aromatic heterocycles. The summed E-state index contributed by atoms with van der Waals surface area (Å²) in [6.45, 7) is 53.7. The molecule has 7 rings (SSSR count). The Morgan fingerprint density at radius 2 is 0.500 bits per heavy atom. The van der Waals surface area contributed by atoms with E-state index in [1.807, 2.05) is 0 Å². The van der Waals surface area contributed by atoms with Crippen molar-refractivity contribution in [3.63, 3.8) is 0 Å². The van der Waals surface area contributed by atoms with Crippen LogP contribution in [-0.2, 0) is 0 Å². The van der Waals surface area contributed by atoms with Gasteiger partial charge in [-0.25, -0.2) is 0 Å². The highest BCUT2D eigenvalue weighted by molar-refractivity contribution is 5.52. The monoisotopic (exact) mass is 1080 g/mol. The van der Waals surface area contributed by atoms with Crippen molar-refractivity contribution in [3.05, 3.63) is 0 Å². The summed E-state index contributed by atoms with van der Waals surface area (Å²) in [5, 5.41) is 15.9. The Morgan fingerprint density at radius 1 is 0.321 bits per heavy atom. The maximum atomic E-state index is 5.65. The number of rotatable bonds is 22. The molecule has 5 aliphatic rings. The van der Waals surface area contributed by atoms with Crippen LogP contribution in [0.2, 0.25) is 0 Å². The first kappa shape index (κ1) is 62.3. The van der Waals surface area contributed by atoms with E-state index < -0.39 is 0 Å². The summed E-state index contributed by atoms with van der Waals surface area (Å²) in [6, 6.07) is 1.14. The average molecular weight is 1090 g/mol. The molecule has 4 N–H and O–H groups in total. The van der Waals surface area contributed by atoms with Crippen molar-refractivity contribution >= 4 is 35.7 Å². The third-order valence-electron chi connectivity index (χ3n) is 17.5. The largest absolute Gasteiger partial charge is 0.338 e. The van der Waals surface area contributed by atoms with Crippen LogP contribution in [0.25, 0.3) is 0 Å². The Morgan fingerprint density at radius 3 is 0.667 bits per heavy atom. The van der Waals surface area contributed by atoms with Crippen LogP contribution in [0.1, 0.15) is 241 Å². The molecule has 5 aliphatic heterocycles. The van der Waals surface area contributed by atoms with Crippen molar-refractivity contribution in [1.82, 2.24) is 51.2 Å². The maximum Gasteiger partial charge on any atom is 0.232 e. The molecular weight excluding hydrogens is 969 g/mol. The van der Waals surface area contributed by atoms with Crippen molar-refractivity contribution in [2.45, 2.75) is 310 Å². The number of nitrogens with zero attached hydrogens (tertiary/aromatic N) is 12. The van der Waals surface area contributed by atoms with Crippen LogP contribution >= 0.6 is 0 Å². The molecule has 16 nitrogen and oxygen atoms in total. The normalized spacial score (nSPS) is 24.0. The lowest BCUT2D eigenvalue weighted by Gasteiger charge is -2.50. The van der Waals surface area contributed by atoms with E-state index in [4.69, 9.17) is 29.9 Å². The lowest BCUT2D eigenvalue weighted by Crippen LogP contribution is -2.63. The van der Waals surface area contributed by atoms with Crippen molar-refractivity contribution in [2.24, 2.45) is 0 Å². The fourth-order valence-corrected chi connectivity index (χ4v) is 15.6. The van der Waals surface area contributed by atoms with Crippen LogP contribution < -0.4 is 50.7 Å². The minimum atomic E-state index is -0.0261. The molecule has 0 spiro atoms. The Bertz CT molecular complexity index is 1890. The van der Waals surface area contributed by atoms with E-state index in [9.17, 15) is 0 Å². The molecule has 78 heavy (non-hydrogen) atoms. The second-order valence-electron chi connectivity index (χ2n) is 30.5. The summed E-state index contributed by atoms with van der Waals surface area (Å²) in [6.07, 6.45) is 16.9. The van der Waals surface area contributed by atoms with Crippen LogP contribution in [0.15, 0.2) is 0 Å². The highest BCUT2D eigenvalue weighted by Gasteiger charge is 2.46. The van der Waals surface area contributed by atoms with Gasteiger partial charge in [0.05, 0.1) is 0 Å². The molecule has 0 aromatic carbocycles. The zero-order valence-corrected chi connectivity index (χ0v) is 53.6. The topological polar surface area (TPSA) is 145 Å². The fourth-order valence-electron chi connectivity index (χ4n) is 15.6. The van der Waals surface area contributed by atoms with Gasteiger partial charge in [-0.1, -0.05) is 53.4 Å². The third kappa shape index (κ3) is 16.4. The Hall–Kier alpha value is -3.34. The summed E-state index contributed by atoms with van der Waals surface area (Å²) >= 11 is 0. The van der Waals surface area contributed by atoms with Crippen LogP contribution in [0.5, 0.6) is 0 Å². The van der Waals surface area contributed by atoms with Gasteiger partial charge in [-0.15, -0.1) is 0 Å². The van der Waals surface area contributed by atoms with E-state index >= 15 is 0 Å². The molecule has 2 aromatic rings. The van der Waals surface area contributed by atoms with Crippen LogP contribution in [0, 0.1) is 0 Å². The lowest BCUT2D eigenvalue weighted by molar-refractivity contribution is 0.156. The molecule has 0 aliphatic carbocycles. The zero-order chi connectivity index (χ0) is 57.3. The molecule has 0 amide bonds. The molecule has 0 saturated carbocycles. The quantitative estimate of drug-likeness (QED) is 0.0887. The smallest absolute Gasteiger partial charge is 0.232 e. The van der Waals surface area contributed by atoms with Gasteiger partial charge in [0.15, 0.2) is 0 Å². The van der Waals surface area contributed by atoms with Gasteiger partial charge in [0.25, 0.3) is 0 Å². The number of anilines is 6. The number of unbranched alkanes of at least 4 members (excludes halogenated alkanes) is 4. The van der Waals surface area contributed by atoms with E-state index in [1.165, 1.54) is 0 Å². The summed E-state index contributed by atoms with van der Waals surface area (Å²) in [7, 11) is 0. The summed E-state index contributed by atoms with van der Waals surface area (Å²) in [4.78, 5) is 49.0. The zero-order valence-electron chi connectivity index (χ0n) is 53.6. The molecule has 444 valence electrons. The number of hydrogen-bond acceptors (Lipinski definition) is 16. The van der Waals surface area contributed by atoms with E-state index in [0.29, 0.717) is 0 Å². The van der Waals surface area contributed by atoms with Crippen LogP contribution in [0.3, 0.4) is 0 Å². The molecule has 0 unspecified atom stereocenters. The van der Waals surface area contributed by atoms with Gasteiger partial charge in [0.2, 0.25) is 35.7 Å². The first-order valence-electron chi connectivity index (χ1n) is 31.5. The molecular formula is C62H116N16. The lowest BCUT2D eigenvalue weighted by atomic mass is 9.79. The summed E-state index contributed by atoms with van der Waals surface area (Å²) < 4.78 is 0. The minimum Gasteiger partial charge on any atom is -0.338 e. The minimum absolute atomic E-state index is 0.0261. The molecule has 0 radical (unpaired) electrons. The number of piperazine rings is 1. The predicted molar refractivity (Wildman–Crippen MR) is 330 cm³/mol. The molecule has 7 heterocycles. The highest BCUT2D eigenvalue weighted by Crippen LogP contribution is 2.40. The van der Waals surface area contributed by atoms with Gasteiger partial charge in [-0.2, -0.15) is 29.9 Å². The molecule has 5 fully saturated rings. The first-order chi connectivity index (χ1) is 36.2. The predicted octanol–water partition coefficient (Wildman–Crippen LogP) is 11.0. The summed E-state index contributed by atoms with van der Waals surface area (Å²) in [5.74, 6) is 4.91. The van der Waals surface area contributed by atoms with Gasteiger partial charge in [-0.3, -0.25) is 0 Å². The molecule has 16 heteroatoms. The maximum absolute atomic E-state index is 5.65. The highest BCUT2D eigenvalue weighted by atomic mass is 15.5. The number of piperidine rings is 4. The van der Waals surface area contributed by atoms with Crippen LogP contribution in [-0.4, -0.2) is 151 Å². The average Bonchev–Trinajstić information content (AvgIpc) is 3.29. The second kappa shape index (κ2) is 24.2. The van der Waals surface area contributed by atoms with E-state index in [2.05, 4.69) is 189 Å². The first-order valence-corrected chi connectivity index (χ1v) is 31.5. The number of aromatic nitrogens is 6. The molecule has 5 saturated heterocycles. The van der Waals surface area contributed by atoms with Gasteiger partial charge in [0.1, 0.15) is 0 Å². The Kier molecular flexibility index (Phi) is 19.4. The molecule has 0 bridgehead atoms. The standard InChI is InChI=1S/C62H116N16/c1-21-25-29-75(45-37-55(5,6)69-56(7,8)38-45)51-63-49(64-52(67-51)76(30-26-22-2)46-39-57(9,10)70-58(11,12)40-46)73-33-35-74(36-34-73)50-65-53(77(31-27-23-3)47-41-59(13,14)71-60(15,16)42-47)68-54(66-50)78(32-28-24-4)48-43-61(17,18)72-62(19,20)44-48/h45-48,69-72H,21-44H2,1-20H3. The summed E-state index contributed by atoms with van der Waals surface area (Å²) in [5.41, 5.74) is -0.209. The van der Waals surface area contributed by atoms with Gasteiger partial charge in [-0.05, 0) is 188 Å². The second-order valence-corrected chi connectivity index (χ2v) is 30.5. The Balaban J connectivity index is 1.31. The van der Waals surface area contributed by atoms with E-state index in [0.717, 1.165) is 191 Å². The van der Waals surface area contributed by atoms with Crippen molar-refractivity contribution in [2.75, 3.05) is 81.8 Å². The van der Waals surface area contributed by atoms with Crippen molar-refractivity contribution in [1.29, 1.82) is 0 Å². The van der Waals surface area contributed by atoms with Crippen LogP contribution in [0.4, 0.5) is 35.7 Å². The Labute approximate surface area is 476 Å². The van der Waals surface area contributed by atoms with Crippen molar-refractivity contribution in [3.8, 4) is 0 Å². The van der Waals surface area contributed by atoms with Gasteiger partial charge >= 0.3 is 0 Å². The fraction of sp³-hybridized carbons (Fsp3) is 0.903. The van der Waals surface area contributed by atoms with Crippen molar-refractivity contribution < 1.29 is 0 Å². The van der Waals surface area contributed by atoms with E-state index in [1.54, 1.807) is 0 Å². The van der Waals surface area contributed by atoms with Gasteiger partial charge in [0, 0.05) is 121 Å². The number of hydrogen-bond donors (Lipinski definition) is 4. The van der Waals surface area contributed by atoms with Gasteiger partial charge < -0.3 is 50.7 Å². The number of nitrogens with one attached hydrogen (secondary N) is 4. The van der Waals surface area contributed by atoms with E-state index in [-0.39, 0.29) is 68.5 Å².